The molecular formula is C29H35N7O2. The highest BCUT2D eigenvalue weighted by atomic mass is 16.2. The van der Waals surface area contributed by atoms with Gasteiger partial charge in [-0.15, -0.1) is 0 Å². The molecule has 1 saturated heterocycles. The molecule has 0 unspecified atom stereocenters. The molecule has 2 amide bonds. The van der Waals surface area contributed by atoms with Gasteiger partial charge < -0.3 is 25.3 Å². The molecule has 0 bridgehead atoms. The van der Waals surface area contributed by atoms with Crippen molar-refractivity contribution in [1.82, 2.24) is 19.8 Å². The molecule has 1 aliphatic heterocycles. The summed E-state index contributed by atoms with van der Waals surface area (Å²) in [7, 11) is 3.72. The topological polar surface area (TPSA) is 93.7 Å². The third kappa shape index (κ3) is 6.28. The quantitative estimate of drug-likeness (QED) is 0.473. The fourth-order valence-electron chi connectivity index (χ4n) is 4.77. The number of hydrogen-bond donors (Lipinski definition) is 2. The van der Waals surface area contributed by atoms with E-state index in [-0.39, 0.29) is 11.8 Å². The minimum absolute atomic E-state index is 0.0522. The molecule has 9 nitrogen and oxygen atoms in total. The number of amides is 2. The van der Waals surface area contributed by atoms with Gasteiger partial charge in [0, 0.05) is 60.9 Å². The van der Waals surface area contributed by atoms with Gasteiger partial charge in [0.2, 0.25) is 17.8 Å². The van der Waals surface area contributed by atoms with Gasteiger partial charge in [-0.3, -0.25) is 9.59 Å². The molecule has 0 radical (unpaired) electrons. The van der Waals surface area contributed by atoms with Crippen LogP contribution in [-0.4, -0.2) is 78.4 Å². The van der Waals surface area contributed by atoms with Crippen molar-refractivity contribution in [2.45, 2.75) is 19.3 Å². The zero-order chi connectivity index (χ0) is 26.5. The fraction of sp³-hybridized carbons (Fsp3) is 0.379. The fourth-order valence-corrected chi connectivity index (χ4v) is 4.77. The first kappa shape index (κ1) is 25.7. The molecule has 1 aromatic heterocycles. The normalized spacial score (nSPS) is 15.8. The van der Waals surface area contributed by atoms with Crippen LogP contribution in [0.5, 0.6) is 0 Å². The van der Waals surface area contributed by atoms with Crippen molar-refractivity contribution in [1.29, 1.82) is 0 Å². The van der Waals surface area contributed by atoms with E-state index in [2.05, 4.69) is 37.6 Å². The lowest BCUT2D eigenvalue weighted by Gasteiger charge is -2.39. The van der Waals surface area contributed by atoms with Crippen LogP contribution in [0.4, 0.5) is 23.0 Å². The number of benzene rings is 2. The van der Waals surface area contributed by atoms with E-state index >= 15 is 0 Å². The second-order valence-electron chi connectivity index (χ2n) is 10.2. The number of anilines is 4. The first-order chi connectivity index (χ1) is 18.4. The number of carbonyl (C=O) groups is 2. The van der Waals surface area contributed by atoms with Crippen LogP contribution in [0.1, 0.15) is 19.3 Å². The van der Waals surface area contributed by atoms with Crippen molar-refractivity contribution >= 4 is 34.8 Å². The Bertz CT molecular complexity index is 1250. The van der Waals surface area contributed by atoms with Gasteiger partial charge in [0.15, 0.2) is 0 Å². The highest BCUT2D eigenvalue weighted by Gasteiger charge is 2.31. The summed E-state index contributed by atoms with van der Waals surface area (Å²) in [6.07, 6.45) is 5.04. The Labute approximate surface area is 223 Å². The molecule has 2 aliphatic rings. The molecule has 2 fully saturated rings. The van der Waals surface area contributed by atoms with Crippen LogP contribution in [0.2, 0.25) is 0 Å². The summed E-state index contributed by atoms with van der Waals surface area (Å²) in [6, 6.07) is 17.7. The van der Waals surface area contributed by atoms with Crippen LogP contribution >= 0.6 is 0 Å². The van der Waals surface area contributed by atoms with Crippen LogP contribution in [0, 0.1) is 5.92 Å². The molecule has 1 aliphatic carbocycles. The first-order valence-corrected chi connectivity index (χ1v) is 13.2. The lowest BCUT2D eigenvalue weighted by Crippen LogP contribution is -2.51. The zero-order valence-corrected chi connectivity index (χ0v) is 22.1. The van der Waals surface area contributed by atoms with Gasteiger partial charge in [0.05, 0.1) is 12.2 Å². The Morgan fingerprint density at radius 1 is 0.921 bits per heavy atom. The maximum absolute atomic E-state index is 12.5. The molecule has 1 saturated carbocycles. The van der Waals surface area contributed by atoms with E-state index < -0.39 is 0 Å². The molecule has 0 atom stereocenters. The second kappa shape index (κ2) is 11.6. The van der Waals surface area contributed by atoms with Crippen molar-refractivity contribution in [3.05, 3.63) is 60.8 Å². The summed E-state index contributed by atoms with van der Waals surface area (Å²) in [6.45, 7) is 3.63. The van der Waals surface area contributed by atoms with E-state index in [0.29, 0.717) is 18.4 Å². The summed E-state index contributed by atoms with van der Waals surface area (Å²) in [5, 5.41) is 6.19. The largest absolute Gasteiger partial charge is 0.368 e. The van der Waals surface area contributed by atoms with Gasteiger partial charge in [-0.1, -0.05) is 18.6 Å². The molecule has 9 heteroatoms. The number of aromatic nitrogens is 2. The van der Waals surface area contributed by atoms with Crippen molar-refractivity contribution in [2.24, 2.45) is 5.92 Å². The number of nitrogens with one attached hydrogen (secondary N) is 2. The van der Waals surface area contributed by atoms with E-state index in [0.717, 1.165) is 67.3 Å². The predicted molar refractivity (Wildman–Crippen MR) is 151 cm³/mol. The predicted octanol–water partition coefficient (Wildman–Crippen LogP) is 3.84. The molecule has 2 heterocycles. The lowest BCUT2D eigenvalue weighted by atomic mass is 9.84. The number of carbonyl (C=O) groups excluding carboxylic acids is 2. The Balaban J connectivity index is 1.16. The van der Waals surface area contributed by atoms with Crippen LogP contribution in [0.15, 0.2) is 60.8 Å². The Hall–Kier alpha value is -3.98. The maximum atomic E-state index is 12.5. The minimum Gasteiger partial charge on any atom is -0.368 e. The number of rotatable bonds is 8. The minimum atomic E-state index is -0.0522. The van der Waals surface area contributed by atoms with Crippen LogP contribution < -0.4 is 15.5 Å². The molecule has 2 N–H and O–H groups in total. The first-order valence-electron chi connectivity index (χ1n) is 13.2. The van der Waals surface area contributed by atoms with E-state index in [1.165, 1.54) is 6.42 Å². The van der Waals surface area contributed by atoms with Crippen molar-refractivity contribution in [3.8, 4) is 11.3 Å². The van der Waals surface area contributed by atoms with E-state index in [1.807, 2.05) is 66.4 Å². The van der Waals surface area contributed by atoms with Crippen molar-refractivity contribution in [3.63, 3.8) is 0 Å². The van der Waals surface area contributed by atoms with Gasteiger partial charge in [-0.2, -0.15) is 0 Å². The third-order valence-corrected chi connectivity index (χ3v) is 7.11. The molecule has 3 aromatic rings. The third-order valence-electron chi connectivity index (χ3n) is 7.11. The summed E-state index contributed by atoms with van der Waals surface area (Å²) < 4.78 is 0. The number of piperazine rings is 1. The molecular weight excluding hydrogens is 478 g/mol. The SMILES string of the molecule is CN(C)CC(=O)Nc1ccc(-c2ccnc(Nc3ccc(N4CCN(C(=O)C5CCC5)CC4)cc3)n2)cc1. The summed E-state index contributed by atoms with van der Waals surface area (Å²) in [5.41, 5.74) is 4.53. The highest BCUT2D eigenvalue weighted by Crippen LogP contribution is 2.29. The molecule has 0 spiro atoms. The van der Waals surface area contributed by atoms with Crippen LogP contribution in [0.25, 0.3) is 11.3 Å². The maximum Gasteiger partial charge on any atom is 0.238 e. The van der Waals surface area contributed by atoms with Gasteiger partial charge in [-0.25, -0.2) is 9.97 Å². The molecule has 2 aromatic carbocycles. The van der Waals surface area contributed by atoms with Crippen molar-refractivity contribution in [2.75, 3.05) is 62.4 Å². The van der Waals surface area contributed by atoms with Crippen molar-refractivity contribution < 1.29 is 9.59 Å². The zero-order valence-electron chi connectivity index (χ0n) is 22.1. The van der Waals surface area contributed by atoms with Gasteiger partial charge in [0.25, 0.3) is 0 Å². The number of hydrogen-bond acceptors (Lipinski definition) is 7. The van der Waals surface area contributed by atoms with E-state index in [1.54, 1.807) is 6.20 Å². The number of nitrogens with zero attached hydrogens (tertiary/aromatic N) is 5. The number of likely N-dealkylation sites (N-methyl/N-ethyl adjacent to an activating group) is 1. The molecule has 38 heavy (non-hydrogen) atoms. The molecule has 5 rings (SSSR count). The smallest absolute Gasteiger partial charge is 0.238 e. The Kier molecular flexibility index (Phi) is 7.83. The summed E-state index contributed by atoms with van der Waals surface area (Å²) >= 11 is 0. The van der Waals surface area contributed by atoms with Crippen LogP contribution in [0.3, 0.4) is 0 Å². The average Bonchev–Trinajstić information content (AvgIpc) is 2.88. The van der Waals surface area contributed by atoms with E-state index in [9.17, 15) is 9.59 Å². The molecule has 198 valence electrons. The highest BCUT2D eigenvalue weighted by molar-refractivity contribution is 5.92. The van der Waals surface area contributed by atoms with Crippen LogP contribution in [-0.2, 0) is 9.59 Å². The van der Waals surface area contributed by atoms with E-state index in [4.69, 9.17) is 0 Å². The van der Waals surface area contributed by atoms with Gasteiger partial charge in [-0.05, 0) is 69.4 Å². The van der Waals surface area contributed by atoms with Gasteiger partial charge in [0.1, 0.15) is 0 Å². The summed E-state index contributed by atoms with van der Waals surface area (Å²) in [4.78, 5) is 39.7. The lowest BCUT2D eigenvalue weighted by molar-refractivity contribution is -0.138. The second-order valence-corrected chi connectivity index (χ2v) is 10.2. The Morgan fingerprint density at radius 3 is 2.24 bits per heavy atom. The summed E-state index contributed by atoms with van der Waals surface area (Å²) in [5.74, 6) is 1.08. The van der Waals surface area contributed by atoms with Gasteiger partial charge >= 0.3 is 0 Å². The average molecular weight is 514 g/mol. The monoisotopic (exact) mass is 513 g/mol. The Morgan fingerprint density at radius 2 is 1.61 bits per heavy atom. The standard InChI is InChI=1S/C29H35N7O2/c1-34(2)20-27(37)31-23-8-6-21(7-9-23)26-14-15-30-29(33-26)32-24-10-12-25(13-11-24)35-16-18-36(19-17-35)28(38)22-4-3-5-22/h6-15,22H,3-5,16-20H2,1-2H3,(H,31,37)(H,30,32,33).